The Hall–Kier alpha value is -3.01. The molecular weight excluding hydrogens is 436 g/mol. The smallest absolute Gasteiger partial charge is 0.231 e. The third-order valence-electron chi connectivity index (χ3n) is 6.70. The van der Waals surface area contributed by atoms with Crippen LogP contribution in [-0.2, 0) is 4.79 Å². The van der Waals surface area contributed by atoms with Gasteiger partial charge in [-0.2, -0.15) is 0 Å². The molecule has 2 aliphatic rings. The lowest BCUT2D eigenvalue weighted by Gasteiger charge is -2.17. The highest BCUT2D eigenvalue weighted by atomic mass is 16.7. The lowest BCUT2D eigenvalue weighted by molar-refractivity contribution is -0.112. The van der Waals surface area contributed by atoms with Crippen LogP contribution >= 0.6 is 0 Å². The summed E-state index contributed by atoms with van der Waals surface area (Å²) < 4.78 is 16.8. The normalized spacial score (nSPS) is 17.3. The molecule has 1 aliphatic heterocycles. The number of ether oxygens (including phenoxy) is 3. The Morgan fingerprint density at radius 2 is 1.40 bits per heavy atom. The quantitative estimate of drug-likeness (QED) is 0.230. The van der Waals surface area contributed by atoms with Gasteiger partial charge in [-0.3, -0.25) is 4.79 Å². The zero-order valence-corrected chi connectivity index (χ0v) is 21.0. The van der Waals surface area contributed by atoms with E-state index in [1.165, 1.54) is 44.9 Å². The average Bonchev–Trinajstić information content (AvgIpc) is 3.34. The van der Waals surface area contributed by atoms with Gasteiger partial charge >= 0.3 is 0 Å². The predicted molar refractivity (Wildman–Crippen MR) is 142 cm³/mol. The van der Waals surface area contributed by atoms with E-state index in [4.69, 9.17) is 14.2 Å². The Labute approximate surface area is 210 Å². The summed E-state index contributed by atoms with van der Waals surface area (Å²) in [6.45, 7) is 3.28. The van der Waals surface area contributed by atoms with Gasteiger partial charge < -0.3 is 14.2 Å². The van der Waals surface area contributed by atoms with Crippen molar-refractivity contribution in [2.75, 3.05) is 13.4 Å². The third-order valence-corrected chi connectivity index (χ3v) is 6.70. The Balaban J connectivity index is 1.26. The number of hydrogen-bond acceptors (Lipinski definition) is 4. The standard InChI is InChI=1S/C31H38O4/c1-2-3-4-5-6-7-8-9-19-33-28-16-13-24(14-17-28)20-26-11-10-12-27(31(26)32)21-25-15-18-29-30(22-25)35-23-34-29/h13-18,20-22H,2-12,19,23H2,1H3/b26-20-,27-21-. The summed E-state index contributed by atoms with van der Waals surface area (Å²) in [7, 11) is 0. The van der Waals surface area contributed by atoms with Crippen LogP contribution in [-0.4, -0.2) is 19.2 Å². The minimum absolute atomic E-state index is 0.143. The van der Waals surface area contributed by atoms with Crippen LogP contribution in [0.3, 0.4) is 0 Å². The van der Waals surface area contributed by atoms with Crippen molar-refractivity contribution in [3.63, 3.8) is 0 Å². The Morgan fingerprint density at radius 1 is 0.771 bits per heavy atom. The zero-order valence-electron chi connectivity index (χ0n) is 21.0. The molecule has 0 radical (unpaired) electrons. The third kappa shape index (κ3) is 7.48. The molecule has 4 nitrogen and oxygen atoms in total. The highest BCUT2D eigenvalue weighted by Crippen LogP contribution is 2.34. The molecular formula is C31H38O4. The summed E-state index contributed by atoms with van der Waals surface area (Å²) in [6, 6.07) is 13.9. The largest absolute Gasteiger partial charge is 0.494 e. The molecule has 1 fully saturated rings. The Morgan fingerprint density at radius 3 is 2.14 bits per heavy atom. The Kier molecular flexibility index (Phi) is 9.45. The van der Waals surface area contributed by atoms with Crippen molar-refractivity contribution in [1.29, 1.82) is 0 Å². The van der Waals surface area contributed by atoms with Crippen LogP contribution in [0.5, 0.6) is 17.2 Å². The molecule has 186 valence electrons. The van der Waals surface area contributed by atoms with Gasteiger partial charge in [0.05, 0.1) is 6.61 Å². The fourth-order valence-electron chi connectivity index (χ4n) is 4.67. The maximum atomic E-state index is 13.1. The van der Waals surface area contributed by atoms with Crippen molar-refractivity contribution in [3.05, 3.63) is 64.7 Å². The number of carbonyl (C=O) groups excluding carboxylic acids is 1. The molecule has 0 aromatic heterocycles. The van der Waals surface area contributed by atoms with Crippen LogP contribution < -0.4 is 14.2 Å². The minimum atomic E-state index is 0.143. The Bertz CT molecular complexity index is 1030. The van der Waals surface area contributed by atoms with Gasteiger partial charge in [-0.15, -0.1) is 0 Å². The molecule has 4 rings (SSSR count). The van der Waals surface area contributed by atoms with Gasteiger partial charge in [0, 0.05) is 11.1 Å². The topological polar surface area (TPSA) is 44.8 Å². The van der Waals surface area contributed by atoms with Crippen molar-refractivity contribution in [2.45, 2.75) is 77.6 Å². The molecule has 0 saturated heterocycles. The monoisotopic (exact) mass is 474 g/mol. The molecule has 0 N–H and O–H groups in total. The molecule has 0 spiro atoms. The van der Waals surface area contributed by atoms with Crippen LogP contribution in [0, 0.1) is 0 Å². The molecule has 2 aromatic carbocycles. The van der Waals surface area contributed by atoms with E-state index in [0.717, 1.165) is 71.8 Å². The summed E-state index contributed by atoms with van der Waals surface area (Å²) >= 11 is 0. The van der Waals surface area contributed by atoms with Crippen LogP contribution in [0.4, 0.5) is 0 Å². The fourth-order valence-corrected chi connectivity index (χ4v) is 4.67. The maximum Gasteiger partial charge on any atom is 0.231 e. The van der Waals surface area contributed by atoms with E-state index in [1.807, 2.05) is 54.6 Å². The van der Waals surface area contributed by atoms with Crippen molar-refractivity contribution in [1.82, 2.24) is 0 Å². The molecule has 1 aliphatic carbocycles. The summed E-state index contributed by atoms with van der Waals surface area (Å²) in [5.74, 6) is 2.54. The number of carbonyl (C=O) groups is 1. The van der Waals surface area contributed by atoms with E-state index in [0.29, 0.717) is 0 Å². The highest BCUT2D eigenvalue weighted by Gasteiger charge is 2.21. The number of ketones is 1. The van der Waals surface area contributed by atoms with Gasteiger partial charge in [0.15, 0.2) is 17.3 Å². The molecule has 0 atom stereocenters. The first-order valence-electron chi connectivity index (χ1n) is 13.3. The average molecular weight is 475 g/mol. The van der Waals surface area contributed by atoms with Gasteiger partial charge in [-0.25, -0.2) is 0 Å². The molecule has 1 heterocycles. The first-order valence-corrected chi connectivity index (χ1v) is 13.3. The van der Waals surface area contributed by atoms with Crippen LogP contribution in [0.2, 0.25) is 0 Å². The fraction of sp³-hybridized carbons (Fsp3) is 0.452. The van der Waals surface area contributed by atoms with Gasteiger partial charge in [0.2, 0.25) is 6.79 Å². The summed E-state index contributed by atoms with van der Waals surface area (Å²) in [5, 5.41) is 0. The number of rotatable bonds is 12. The van der Waals surface area contributed by atoms with E-state index in [-0.39, 0.29) is 12.6 Å². The predicted octanol–water partition coefficient (Wildman–Crippen LogP) is 8.15. The summed E-state index contributed by atoms with van der Waals surface area (Å²) in [5.41, 5.74) is 3.73. The van der Waals surface area contributed by atoms with Crippen LogP contribution in [0.15, 0.2) is 53.6 Å². The molecule has 2 aromatic rings. The van der Waals surface area contributed by atoms with E-state index >= 15 is 0 Å². The number of Topliss-reactive ketones (excluding diaryl/α,β-unsaturated/α-hetero) is 1. The van der Waals surface area contributed by atoms with Crippen molar-refractivity contribution < 1.29 is 19.0 Å². The first kappa shape index (κ1) is 25.1. The second kappa shape index (κ2) is 13.2. The van der Waals surface area contributed by atoms with Gasteiger partial charge in [-0.05, 0) is 73.2 Å². The second-order valence-electron chi connectivity index (χ2n) is 9.53. The van der Waals surface area contributed by atoms with Crippen molar-refractivity contribution in [2.24, 2.45) is 0 Å². The summed E-state index contributed by atoms with van der Waals surface area (Å²) in [4.78, 5) is 13.1. The number of benzene rings is 2. The number of hydrogen-bond donors (Lipinski definition) is 0. The van der Waals surface area contributed by atoms with Gasteiger partial charge in [0.25, 0.3) is 0 Å². The van der Waals surface area contributed by atoms with Crippen molar-refractivity contribution >= 4 is 17.9 Å². The van der Waals surface area contributed by atoms with E-state index in [2.05, 4.69) is 6.92 Å². The molecule has 4 heteroatoms. The SMILES string of the molecule is CCCCCCCCCCOc1ccc(/C=C2/CCC/C(=C/c3ccc4c(c3)OCO4)C2=O)cc1. The van der Waals surface area contributed by atoms with E-state index in [1.54, 1.807) is 0 Å². The summed E-state index contributed by atoms with van der Waals surface area (Å²) in [6.07, 6.45) is 17.0. The lowest BCUT2D eigenvalue weighted by Crippen LogP contribution is -2.12. The van der Waals surface area contributed by atoms with E-state index in [9.17, 15) is 4.79 Å². The van der Waals surface area contributed by atoms with Crippen molar-refractivity contribution in [3.8, 4) is 17.2 Å². The van der Waals surface area contributed by atoms with Gasteiger partial charge in [0.1, 0.15) is 5.75 Å². The molecule has 1 saturated carbocycles. The van der Waals surface area contributed by atoms with Crippen LogP contribution in [0.25, 0.3) is 12.2 Å². The van der Waals surface area contributed by atoms with Gasteiger partial charge in [-0.1, -0.05) is 70.1 Å². The minimum Gasteiger partial charge on any atom is -0.494 e. The number of fused-ring (bicyclic) bond motifs is 1. The van der Waals surface area contributed by atoms with E-state index < -0.39 is 0 Å². The number of allylic oxidation sites excluding steroid dienone is 2. The second-order valence-corrected chi connectivity index (χ2v) is 9.53. The molecule has 0 unspecified atom stereocenters. The molecule has 35 heavy (non-hydrogen) atoms. The lowest BCUT2D eigenvalue weighted by atomic mass is 9.87. The first-order chi connectivity index (χ1) is 17.2. The van der Waals surface area contributed by atoms with Crippen LogP contribution in [0.1, 0.15) is 88.7 Å². The maximum absolute atomic E-state index is 13.1. The highest BCUT2D eigenvalue weighted by molar-refractivity contribution is 6.14. The zero-order chi connectivity index (χ0) is 24.3. The molecule has 0 amide bonds. The molecule has 0 bridgehead atoms. The number of unbranched alkanes of at least 4 members (excludes halogenated alkanes) is 7.